The van der Waals surface area contributed by atoms with Crippen molar-refractivity contribution in [2.24, 2.45) is 0 Å². The summed E-state index contributed by atoms with van der Waals surface area (Å²) in [7, 11) is 0. The first-order valence-electron chi connectivity index (χ1n) is 5.69. The summed E-state index contributed by atoms with van der Waals surface area (Å²) >= 11 is 12.0. The highest BCUT2D eigenvalue weighted by molar-refractivity contribution is 6.32. The van der Waals surface area contributed by atoms with Crippen LogP contribution in [0.5, 0.6) is 23.0 Å². The molecule has 0 bridgehead atoms. The van der Waals surface area contributed by atoms with E-state index in [4.69, 9.17) is 37.4 Å². The van der Waals surface area contributed by atoms with Gasteiger partial charge in [-0.05, 0) is 18.2 Å². The van der Waals surface area contributed by atoms with E-state index in [0.717, 1.165) is 5.56 Å². The molecule has 3 nitrogen and oxygen atoms in total. The van der Waals surface area contributed by atoms with Crippen LogP contribution in [0.25, 0.3) is 0 Å². The Balaban J connectivity index is 1.93. The quantitative estimate of drug-likeness (QED) is 0.775. The van der Waals surface area contributed by atoms with E-state index in [1.807, 2.05) is 12.1 Å². The number of benzene rings is 2. The molecule has 0 N–H and O–H groups in total. The molecule has 5 heteroatoms. The lowest BCUT2D eigenvalue weighted by Gasteiger charge is -2.11. The SMILES string of the molecule is ClCc1cccc(Cl)c1Oc1ccc2c(c1)OCO2. The Morgan fingerprint density at radius 3 is 2.79 bits per heavy atom. The molecule has 3 rings (SSSR count). The largest absolute Gasteiger partial charge is 0.455 e. The number of hydrogen-bond donors (Lipinski definition) is 0. The maximum absolute atomic E-state index is 6.14. The highest BCUT2D eigenvalue weighted by Gasteiger charge is 2.15. The standard InChI is InChI=1S/C14H10Cl2O3/c15-7-9-2-1-3-11(16)14(9)19-10-4-5-12-13(6-10)18-8-17-12/h1-6H,7-8H2. The Morgan fingerprint density at radius 2 is 1.95 bits per heavy atom. The minimum atomic E-state index is 0.234. The molecule has 2 aromatic carbocycles. The number of hydrogen-bond acceptors (Lipinski definition) is 3. The topological polar surface area (TPSA) is 27.7 Å². The molecule has 1 aliphatic heterocycles. The van der Waals surface area contributed by atoms with E-state index in [-0.39, 0.29) is 6.79 Å². The highest BCUT2D eigenvalue weighted by Crippen LogP contribution is 2.39. The Kier molecular flexibility index (Phi) is 3.40. The van der Waals surface area contributed by atoms with Gasteiger partial charge in [0.2, 0.25) is 6.79 Å². The van der Waals surface area contributed by atoms with Crippen LogP contribution in [0.2, 0.25) is 5.02 Å². The molecule has 0 fully saturated rings. The molecule has 0 unspecified atom stereocenters. The Bertz CT molecular complexity index is 614. The molecular weight excluding hydrogens is 287 g/mol. The number of ether oxygens (including phenoxy) is 3. The van der Waals surface area contributed by atoms with Gasteiger partial charge in [-0.1, -0.05) is 23.7 Å². The van der Waals surface area contributed by atoms with E-state index in [1.165, 1.54) is 0 Å². The van der Waals surface area contributed by atoms with Crippen molar-refractivity contribution in [3.05, 3.63) is 47.0 Å². The van der Waals surface area contributed by atoms with Crippen molar-refractivity contribution in [3.8, 4) is 23.0 Å². The first-order valence-corrected chi connectivity index (χ1v) is 6.60. The van der Waals surface area contributed by atoms with E-state index in [9.17, 15) is 0 Å². The van der Waals surface area contributed by atoms with E-state index >= 15 is 0 Å². The van der Waals surface area contributed by atoms with E-state index in [2.05, 4.69) is 0 Å². The van der Waals surface area contributed by atoms with Gasteiger partial charge in [0.25, 0.3) is 0 Å². The predicted molar refractivity (Wildman–Crippen MR) is 73.6 cm³/mol. The van der Waals surface area contributed by atoms with Crippen LogP contribution in [0.3, 0.4) is 0 Å². The predicted octanol–water partition coefficient (Wildman–Crippen LogP) is 4.60. The second-order valence-electron chi connectivity index (χ2n) is 3.98. The molecule has 0 radical (unpaired) electrons. The second kappa shape index (κ2) is 5.19. The fourth-order valence-corrected chi connectivity index (χ4v) is 2.27. The van der Waals surface area contributed by atoms with Gasteiger partial charge in [0.05, 0.1) is 10.9 Å². The zero-order valence-electron chi connectivity index (χ0n) is 9.86. The number of alkyl halides is 1. The van der Waals surface area contributed by atoms with Crippen LogP contribution in [0.4, 0.5) is 0 Å². The molecule has 0 aliphatic carbocycles. The fourth-order valence-electron chi connectivity index (χ4n) is 1.83. The van der Waals surface area contributed by atoms with E-state index in [0.29, 0.717) is 33.9 Å². The number of rotatable bonds is 3. The summed E-state index contributed by atoms with van der Waals surface area (Å²) < 4.78 is 16.4. The van der Waals surface area contributed by atoms with E-state index in [1.54, 1.807) is 24.3 Å². The van der Waals surface area contributed by atoms with Crippen molar-refractivity contribution >= 4 is 23.2 Å². The minimum Gasteiger partial charge on any atom is -0.455 e. The summed E-state index contributed by atoms with van der Waals surface area (Å²) in [5.74, 6) is 2.91. The van der Waals surface area contributed by atoms with E-state index < -0.39 is 0 Å². The molecule has 19 heavy (non-hydrogen) atoms. The lowest BCUT2D eigenvalue weighted by molar-refractivity contribution is 0.174. The van der Waals surface area contributed by atoms with Crippen LogP contribution in [-0.2, 0) is 5.88 Å². The van der Waals surface area contributed by atoms with Gasteiger partial charge >= 0.3 is 0 Å². The van der Waals surface area contributed by atoms with Crippen molar-refractivity contribution in [2.45, 2.75) is 5.88 Å². The summed E-state index contributed by atoms with van der Waals surface area (Å²) in [6, 6.07) is 10.8. The molecule has 0 amide bonds. The third-order valence-electron chi connectivity index (χ3n) is 2.76. The molecule has 0 aromatic heterocycles. The summed E-state index contributed by atoms with van der Waals surface area (Å²) in [5.41, 5.74) is 0.840. The van der Waals surface area contributed by atoms with Gasteiger partial charge in [0.15, 0.2) is 11.5 Å². The van der Waals surface area contributed by atoms with Crippen LogP contribution in [0.15, 0.2) is 36.4 Å². The van der Waals surface area contributed by atoms with Gasteiger partial charge in [-0.15, -0.1) is 11.6 Å². The molecule has 0 saturated carbocycles. The maximum atomic E-state index is 6.14. The lowest BCUT2D eigenvalue weighted by Crippen LogP contribution is -1.93. The van der Waals surface area contributed by atoms with Crippen molar-refractivity contribution in [1.29, 1.82) is 0 Å². The maximum Gasteiger partial charge on any atom is 0.231 e. The molecule has 1 aliphatic rings. The van der Waals surface area contributed by atoms with Gasteiger partial charge in [-0.3, -0.25) is 0 Å². The summed E-state index contributed by atoms with van der Waals surface area (Å²) in [5, 5.41) is 0.524. The van der Waals surface area contributed by atoms with Gasteiger partial charge in [0, 0.05) is 11.6 Å². The number of halogens is 2. The average molecular weight is 297 g/mol. The summed E-state index contributed by atoms with van der Waals surface area (Å²) in [4.78, 5) is 0. The van der Waals surface area contributed by atoms with Crippen LogP contribution in [-0.4, -0.2) is 6.79 Å². The van der Waals surface area contributed by atoms with Crippen molar-refractivity contribution in [2.75, 3.05) is 6.79 Å². The average Bonchev–Trinajstić information content (AvgIpc) is 2.88. The Hall–Kier alpha value is -1.58. The van der Waals surface area contributed by atoms with Crippen LogP contribution in [0, 0.1) is 0 Å². The molecule has 0 saturated heterocycles. The third-order valence-corrected chi connectivity index (χ3v) is 3.34. The third kappa shape index (κ3) is 2.44. The summed E-state index contributed by atoms with van der Waals surface area (Å²) in [6.45, 7) is 0.234. The second-order valence-corrected chi connectivity index (χ2v) is 4.65. The smallest absolute Gasteiger partial charge is 0.231 e. The fraction of sp³-hybridized carbons (Fsp3) is 0.143. The van der Waals surface area contributed by atoms with Crippen molar-refractivity contribution in [1.82, 2.24) is 0 Å². The number of para-hydroxylation sites is 1. The minimum absolute atomic E-state index is 0.234. The molecule has 2 aromatic rings. The zero-order valence-corrected chi connectivity index (χ0v) is 11.4. The Morgan fingerprint density at radius 1 is 1.11 bits per heavy atom. The first-order chi connectivity index (χ1) is 9.28. The highest BCUT2D eigenvalue weighted by atomic mass is 35.5. The van der Waals surface area contributed by atoms with Gasteiger partial charge in [-0.2, -0.15) is 0 Å². The van der Waals surface area contributed by atoms with Crippen molar-refractivity contribution < 1.29 is 14.2 Å². The number of fused-ring (bicyclic) bond motifs is 1. The van der Waals surface area contributed by atoms with Crippen molar-refractivity contribution in [3.63, 3.8) is 0 Å². The zero-order chi connectivity index (χ0) is 13.2. The molecular formula is C14H10Cl2O3. The lowest BCUT2D eigenvalue weighted by atomic mass is 10.2. The monoisotopic (exact) mass is 296 g/mol. The first kappa shape index (κ1) is 12.5. The van der Waals surface area contributed by atoms with Gasteiger partial charge in [-0.25, -0.2) is 0 Å². The molecule has 98 valence electrons. The molecule has 0 atom stereocenters. The van der Waals surface area contributed by atoms with Crippen LogP contribution >= 0.6 is 23.2 Å². The normalized spacial score (nSPS) is 12.5. The molecule has 1 heterocycles. The van der Waals surface area contributed by atoms with Gasteiger partial charge in [0.1, 0.15) is 11.5 Å². The molecule has 0 spiro atoms. The van der Waals surface area contributed by atoms with Crippen LogP contribution < -0.4 is 14.2 Å². The summed E-state index contributed by atoms with van der Waals surface area (Å²) in [6.07, 6.45) is 0. The van der Waals surface area contributed by atoms with Crippen LogP contribution in [0.1, 0.15) is 5.56 Å². The Labute approximate surface area is 120 Å². The van der Waals surface area contributed by atoms with Gasteiger partial charge < -0.3 is 14.2 Å².